The number of hydrogen-bond acceptors (Lipinski definition) is 4. The summed E-state index contributed by atoms with van der Waals surface area (Å²) in [6.45, 7) is 25.3. The lowest BCUT2D eigenvalue weighted by Gasteiger charge is -2.65. The SMILES string of the molecule is CCCCSC1CCC2C(C1)C(N(C1CCC(C)CC1)C1CCC(C(C)(C)C)CC1)C1CCC(SCCCC)CC1C2N(C1CCC(C)CC1)C1CCC(C(C)(C)C)CC1. The van der Waals surface area contributed by atoms with Crippen LogP contribution >= 0.6 is 23.5 Å². The molecule has 4 heteroatoms. The smallest absolute Gasteiger partial charge is 0.0164 e. The molecule has 60 heavy (non-hydrogen) atoms. The van der Waals surface area contributed by atoms with Crippen molar-refractivity contribution in [3.63, 3.8) is 0 Å². The molecule has 7 fully saturated rings. The van der Waals surface area contributed by atoms with Crippen LogP contribution in [0.15, 0.2) is 0 Å². The van der Waals surface area contributed by atoms with Gasteiger partial charge < -0.3 is 0 Å². The highest BCUT2D eigenvalue weighted by Gasteiger charge is 2.59. The molecule has 7 aliphatic carbocycles. The molecule has 7 rings (SSSR count). The second-order valence-corrected chi connectivity index (χ2v) is 28.2. The second kappa shape index (κ2) is 21.9. The molecule has 0 heterocycles. The molecule has 7 saturated carbocycles. The van der Waals surface area contributed by atoms with Gasteiger partial charge in [0.2, 0.25) is 0 Å². The topological polar surface area (TPSA) is 6.48 Å². The lowest BCUT2D eigenvalue weighted by atomic mass is 9.53. The zero-order chi connectivity index (χ0) is 42.6. The summed E-state index contributed by atoms with van der Waals surface area (Å²) >= 11 is 4.88. The Morgan fingerprint density at radius 1 is 0.400 bits per heavy atom. The van der Waals surface area contributed by atoms with Gasteiger partial charge in [-0.1, -0.05) is 82.1 Å². The molecule has 0 aliphatic heterocycles. The molecule has 0 spiro atoms. The van der Waals surface area contributed by atoms with Crippen LogP contribution in [0.3, 0.4) is 0 Å². The quantitative estimate of drug-likeness (QED) is 0.160. The molecule has 7 aliphatic rings. The summed E-state index contributed by atoms with van der Waals surface area (Å²) in [5.74, 6) is 10.1. The van der Waals surface area contributed by atoms with Crippen LogP contribution in [0.5, 0.6) is 0 Å². The molecular formula is C56H102N2S2. The van der Waals surface area contributed by atoms with Gasteiger partial charge in [0, 0.05) is 46.8 Å². The molecule has 2 nitrogen and oxygen atoms in total. The van der Waals surface area contributed by atoms with Crippen LogP contribution in [-0.2, 0) is 0 Å². The van der Waals surface area contributed by atoms with Crippen LogP contribution < -0.4 is 0 Å². The van der Waals surface area contributed by atoms with Crippen molar-refractivity contribution >= 4 is 23.5 Å². The van der Waals surface area contributed by atoms with Crippen molar-refractivity contribution in [2.24, 2.45) is 58.2 Å². The highest BCUT2D eigenvalue weighted by Crippen LogP contribution is 2.59. The van der Waals surface area contributed by atoms with Crippen molar-refractivity contribution in [1.82, 2.24) is 9.80 Å². The van der Waals surface area contributed by atoms with Crippen LogP contribution in [0, 0.1) is 58.2 Å². The lowest BCUT2D eigenvalue weighted by molar-refractivity contribution is -0.149. The molecule has 0 N–H and O–H groups in total. The van der Waals surface area contributed by atoms with Gasteiger partial charge in [-0.05, 0) is 224 Å². The standard InChI is InChI=1S/C56H102N2S2/c1-11-13-35-59-47-31-33-49-51(37-47)53(57(43-23-15-39(3)16-24-43)45-27-19-41(20-28-45)55(5,6)7)50-34-32-48(60-36-14-12-2)38-52(50)54(49)58(44-25-17-40(4)18-26-44)46-29-21-42(22-30-46)56(8,9)10/h39-54H,11-38H2,1-10H3. The van der Waals surface area contributed by atoms with Gasteiger partial charge in [0.15, 0.2) is 0 Å². The minimum absolute atomic E-state index is 0.455. The Kier molecular flexibility index (Phi) is 17.8. The third kappa shape index (κ3) is 11.8. The lowest BCUT2D eigenvalue weighted by Crippen LogP contribution is -2.70. The van der Waals surface area contributed by atoms with Gasteiger partial charge in [0.05, 0.1) is 0 Å². The van der Waals surface area contributed by atoms with Gasteiger partial charge in [-0.25, -0.2) is 0 Å². The van der Waals surface area contributed by atoms with Crippen LogP contribution in [0.2, 0.25) is 0 Å². The summed E-state index contributed by atoms with van der Waals surface area (Å²) in [6, 6.07) is 5.03. The molecule has 0 amide bonds. The molecule has 8 unspecified atom stereocenters. The highest BCUT2D eigenvalue weighted by molar-refractivity contribution is 8.00. The molecule has 8 atom stereocenters. The zero-order valence-corrected chi connectivity index (χ0v) is 43.4. The first-order valence-electron chi connectivity index (χ1n) is 27.5. The molecule has 0 aromatic heterocycles. The maximum absolute atomic E-state index is 3.52. The Bertz CT molecular complexity index is 1140. The second-order valence-electron chi connectivity index (χ2n) is 25.4. The van der Waals surface area contributed by atoms with Crippen molar-refractivity contribution in [1.29, 1.82) is 0 Å². The Balaban J connectivity index is 1.30. The third-order valence-corrected chi connectivity index (χ3v) is 22.3. The summed E-state index contributed by atoms with van der Waals surface area (Å²) in [6.07, 6.45) is 38.4. The van der Waals surface area contributed by atoms with Crippen LogP contribution in [0.25, 0.3) is 0 Å². The van der Waals surface area contributed by atoms with Gasteiger partial charge >= 0.3 is 0 Å². The highest BCUT2D eigenvalue weighted by atomic mass is 32.2. The number of fused-ring (bicyclic) bond motifs is 2. The van der Waals surface area contributed by atoms with E-state index in [2.05, 4.69) is 103 Å². The van der Waals surface area contributed by atoms with E-state index in [0.29, 0.717) is 10.8 Å². The Hall–Kier alpha value is 0.620. The van der Waals surface area contributed by atoms with Gasteiger partial charge in [-0.2, -0.15) is 23.5 Å². The first-order valence-corrected chi connectivity index (χ1v) is 29.6. The van der Waals surface area contributed by atoms with Gasteiger partial charge in [0.1, 0.15) is 0 Å². The van der Waals surface area contributed by atoms with Gasteiger partial charge in [-0.15, -0.1) is 0 Å². The minimum Gasteiger partial charge on any atom is -0.294 e. The summed E-state index contributed by atoms with van der Waals surface area (Å²) < 4.78 is 0. The Labute approximate surface area is 384 Å². The number of hydrogen-bond donors (Lipinski definition) is 0. The average Bonchev–Trinajstić information content (AvgIpc) is 3.23. The summed E-state index contributed by atoms with van der Waals surface area (Å²) in [7, 11) is 0. The Morgan fingerprint density at radius 3 is 1.02 bits per heavy atom. The van der Waals surface area contributed by atoms with E-state index in [1.807, 2.05) is 0 Å². The van der Waals surface area contributed by atoms with Crippen molar-refractivity contribution in [2.45, 2.75) is 283 Å². The fraction of sp³-hybridized carbons (Fsp3) is 1.00. The van der Waals surface area contributed by atoms with E-state index in [4.69, 9.17) is 0 Å². The van der Waals surface area contributed by atoms with E-state index in [0.717, 1.165) is 94.1 Å². The maximum atomic E-state index is 3.52. The van der Waals surface area contributed by atoms with Gasteiger partial charge in [-0.3, -0.25) is 9.80 Å². The van der Waals surface area contributed by atoms with Crippen LogP contribution in [0.1, 0.15) is 236 Å². The number of unbranched alkanes of at least 4 members (excludes halogenated alkanes) is 2. The predicted molar refractivity (Wildman–Crippen MR) is 268 cm³/mol. The molecular weight excluding hydrogens is 765 g/mol. The molecule has 0 radical (unpaired) electrons. The van der Waals surface area contributed by atoms with Crippen LogP contribution in [-0.4, -0.2) is 68.1 Å². The summed E-state index contributed by atoms with van der Waals surface area (Å²) in [4.78, 5) is 7.03. The first kappa shape index (κ1) is 48.6. The maximum Gasteiger partial charge on any atom is 0.0164 e. The van der Waals surface area contributed by atoms with E-state index in [-0.39, 0.29) is 0 Å². The molecule has 348 valence electrons. The van der Waals surface area contributed by atoms with Crippen LogP contribution in [0.4, 0.5) is 0 Å². The minimum atomic E-state index is 0.455. The van der Waals surface area contributed by atoms with Gasteiger partial charge in [0.25, 0.3) is 0 Å². The normalized spacial score (nSPS) is 42.2. The summed E-state index contributed by atoms with van der Waals surface area (Å²) in [5.41, 5.74) is 0.910. The molecule has 0 aromatic carbocycles. The Morgan fingerprint density at radius 2 is 0.717 bits per heavy atom. The first-order chi connectivity index (χ1) is 28.8. The summed E-state index contributed by atoms with van der Waals surface area (Å²) in [5, 5.41) is 1.80. The van der Waals surface area contributed by atoms with Crippen molar-refractivity contribution in [2.75, 3.05) is 11.5 Å². The monoisotopic (exact) mass is 867 g/mol. The number of thioether (sulfide) groups is 2. The van der Waals surface area contributed by atoms with Crippen molar-refractivity contribution in [3.05, 3.63) is 0 Å². The van der Waals surface area contributed by atoms with E-state index in [9.17, 15) is 0 Å². The van der Waals surface area contributed by atoms with E-state index in [1.165, 1.54) is 166 Å². The van der Waals surface area contributed by atoms with E-state index >= 15 is 0 Å². The number of rotatable bonds is 14. The predicted octanol–water partition coefficient (Wildman–Crippen LogP) is 16.3. The van der Waals surface area contributed by atoms with E-state index < -0.39 is 0 Å². The third-order valence-electron chi connectivity index (χ3n) is 19.5. The number of nitrogens with zero attached hydrogens (tertiary/aromatic N) is 2. The fourth-order valence-electron chi connectivity index (χ4n) is 15.8. The molecule has 0 aromatic rings. The molecule has 0 bridgehead atoms. The zero-order valence-electron chi connectivity index (χ0n) is 41.7. The molecule has 0 saturated heterocycles. The van der Waals surface area contributed by atoms with Crippen molar-refractivity contribution in [3.8, 4) is 0 Å². The van der Waals surface area contributed by atoms with E-state index in [1.54, 1.807) is 12.8 Å². The average molecular weight is 868 g/mol. The fourth-order valence-corrected chi connectivity index (χ4v) is 18.7. The van der Waals surface area contributed by atoms with Crippen molar-refractivity contribution < 1.29 is 0 Å². The largest absolute Gasteiger partial charge is 0.294 e.